The second-order valence-electron chi connectivity index (χ2n) is 6.97. The molecule has 2 aromatic carbocycles. The van der Waals surface area contributed by atoms with Crippen LogP contribution in [-0.4, -0.2) is 41.7 Å². The van der Waals surface area contributed by atoms with Gasteiger partial charge in [0.05, 0.1) is 0 Å². The number of ether oxygens (including phenoxy) is 1. The monoisotopic (exact) mass is 410 g/mol. The lowest BCUT2D eigenvalue weighted by molar-refractivity contribution is -0.151. The highest BCUT2D eigenvalue weighted by molar-refractivity contribution is 7.98. The van der Waals surface area contributed by atoms with Gasteiger partial charge in [0.25, 0.3) is 5.91 Å². The number of likely N-dealkylation sites (N-methyl/N-ethyl adjacent to an activating group) is 1. The number of nitrogens with zero attached hydrogens (tertiary/aromatic N) is 1. The van der Waals surface area contributed by atoms with Crippen LogP contribution < -0.4 is 0 Å². The lowest BCUT2D eigenvalue weighted by atomic mass is 10.1. The number of amides is 1. The summed E-state index contributed by atoms with van der Waals surface area (Å²) in [6.45, 7) is 0.275. The Morgan fingerprint density at radius 2 is 1.86 bits per heavy atom. The summed E-state index contributed by atoms with van der Waals surface area (Å²) >= 11 is 1.68. The Labute approximate surface area is 175 Å². The van der Waals surface area contributed by atoms with Crippen molar-refractivity contribution in [2.45, 2.75) is 30.7 Å². The van der Waals surface area contributed by atoms with Gasteiger partial charge in [-0.05, 0) is 48.4 Å². The first kappa shape index (κ1) is 21.0. The standard InChI is InChI=1S/C23H26N2O3S/c1-25(15-17-10-12-19(29-2)13-11-17)22(26)16-28-23(27)9-5-6-18-14-24-21-8-4-3-7-20(18)21/h3-4,7-8,10-14,24H,5-6,9,15-16H2,1-2H3. The minimum absolute atomic E-state index is 0.205. The van der Waals surface area contributed by atoms with Crippen LogP contribution in [0.4, 0.5) is 0 Å². The lowest BCUT2D eigenvalue weighted by Crippen LogP contribution is -2.30. The molecule has 0 spiro atoms. The average molecular weight is 411 g/mol. The van der Waals surface area contributed by atoms with Crippen LogP contribution in [0.2, 0.25) is 0 Å². The molecule has 0 radical (unpaired) electrons. The zero-order valence-corrected chi connectivity index (χ0v) is 17.6. The number of hydrogen-bond acceptors (Lipinski definition) is 4. The number of para-hydroxylation sites is 1. The maximum Gasteiger partial charge on any atom is 0.306 e. The maximum atomic E-state index is 12.2. The Kier molecular flexibility index (Phi) is 7.36. The van der Waals surface area contributed by atoms with Crippen molar-refractivity contribution in [3.05, 3.63) is 65.9 Å². The lowest BCUT2D eigenvalue weighted by Gasteiger charge is -2.17. The van der Waals surface area contributed by atoms with Gasteiger partial charge in [0.15, 0.2) is 6.61 Å². The van der Waals surface area contributed by atoms with Crippen molar-refractivity contribution in [3.63, 3.8) is 0 Å². The summed E-state index contributed by atoms with van der Waals surface area (Å²) < 4.78 is 5.16. The molecule has 1 heterocycles. The van der Waals surface area contributed by atoms with Gasteiger partial charge < -0.3 is 14.6 Å². The molecule has 3 aromatic rings. The topological polar surface area (TPSA) is 62.4 Å². The number of aryl methyl sites for hydroxylation is 1. The van der Waals surface area contributed by atoms with Gasteiger partial charge >= 0.3 is 5.97 Å². The molecule has 0 fully saturated rings. The number of aromatic nitrogens is 1. The number of esters is 1. The van der Waals surface area contributed by atoms with E-state index >= 15 is 0 Å². The highest BCUT2D eigenvalue weighted by Gasteiger charge is 2.13. The third-order valence-corrected chi connectivity index (χ3v) is 5.61. The van der Waals surface area contributed by atoms with Gasteiger partial charge in [-0.3, -0.25) is 9.59 Å². The Bertz CT molecular complexity index is 966. The van der Waals surface area contributed by atoms with Crippen LogP contribution in [0, 0.1) is 0 Å². The first-order valence-corrected chi connectivity index (χ1v) is 10.9. The highest BCUT2D eigenvalue weighted by Crippen LogP contribution is 2.19. The second-order valence-corrected chi connectivity index (χ2v) is 7.85. The molecule has 1 N–H and O–H groups in total. The molecule has 6 heteroatoms. The van der Waals surface area contributed by atoms with Crippen molar-refractivity contribution in [1.82, 2.24) is 9.88 Å². The normalized spacial score (nSPS) is 10.8. The van der Waals surface area contributed by atoms with Gasteiger partial charge in [-0.15, -0.1) is 11.8 Å². The molecule has 0 aliphatic rings. The fraction of sp³-hybridized carbons (Fsp3) is 0.304. The van der Waals surface area contributed by atoms with Gasteiger partial charge in [-0.25, -0.2) is 0 Å². The van der Waals surface area contributed by atoms with Crippen LogP contribution in [0.5, 0.6) is 0 Å². The van der Waals surface area contributed by atoms with E-state index in [2.05, 4.69) is 11.1 Å². The summed E-state index contributed by atoms with van der Waals surface area (Å²) in [5.41, 5.74) is 3.34. The third-order valence-electron chi connectivity index (χ3n) is 4.86. The average Bonchev–Trinajstić information content (AvgIpc) is 3.15. The number of fused-ring (bicyclic) bond motifs is 1. The molecule has 5 nitrogen and oxygen atoms in total. The Balaban J connectivity index is 1.38. The van der Waals surface area contributed by atoms with Gasteiger partial charge in [-0.2, -0.15) is 0 Å². The van der Waals surface area contributed by atoms with Crippen molar-refractivity contribution in [1.29, 1.82) is 0 Å². The molecule has 152 valence electrons. The number of aromatic amines is 1. The molecule has 0 bridgehead atoms. The molecule has 0 saturated heterocycles. The largest absolute Gasteiger partial charge is 0.456 e. The summed E-state index contributed by atoms with van der Waals surface area (Å²) in [5, 5.41) is 1.18. The van der Waals surface area contributed by atoms with Crippen molar-refractivity contribution in [3.8, 4) is 0 Å². The van der Waals surface area contributed by atoms with Gasteiger partial charge in [0.2, 0.25) is 0 Å². The van der Waals surface area contributed by atoms with E-state index in [0.717, 1.165) is 17.5 Å². The zero-order chi connectivity index (χ0) is 20.6. The molecule has 1 amide bonds. The first-order chi connectivity index (χ1) is 14.1. The fourth-order valence-corrected chi connectivity index (χ4v) is 3.59. The molecule has 29 heavy (non-hydrogen) atoms. The number of carbonyl (C=O) groups excluding carboxylic acids is 2. The number of H-pyrrole nitrogens is 1. The Morgan fingerprint density at radius 3 is 2.62 bits per heavy atom. The van der Waals surface area contributed by atoms with E-state index in [1.807, 2.05) is 54.9 Å². The predicted molar refractivity (Wildman–Crippen MR) is 117 cm³/mol. The van der Waals surface area contributed by atoms with Crippen LogP contribution in [-0.2, 0) is 27.3 Å². The van der Waals surface area contributed by atoms with E-state index in [0.29, 0.717) is 19.4 Å². The van der Waals surface area contributed by atoms with E-state index in [1.54, 1.807) is 23.7 Å². The molecule has 0 atom stereocenters. The van der Waals surface area contributed by atoms with Gasteiger partial charge in [-0.1, -0.05) is 30.3 Å². The molecular weight excluding hydrogens is 384 g/mol. The van der Waals surface area contributed by atoms with Crippen LogP contribution in [0.15, 0.2) is 59.6 Å². The second kappa shape index (κ2) is 10.2. The molecule has 0 saturated carbocycles. The fourth-order valence-electron chi connectivity index (χ4n) is 3.18. The quantitative estimate of drug-likeness (QED) is 0.419. The van der Waals surface area contributed by atoms with Crippen LogP contribution in [0.3, 0.4) is 0 Å². The number of benzene rings is 2. The van der Waals surface area contributed by atoms with Crippen molar-refractivity contribution >= 4 is 34.5 Å². The van der Waals surface area contributed by atoms with E-state index in [-0.39, 0.29) is 18.5 Å². The van der Waals surface area contributed by atoms with E-state index < -0.39 is 0 Å². The Hall–Kier alpha value is -2.73. The number of rotatable bonds is 9. The Morgan fingerprint density at radius 1 is 1.10 bits per heavy atom. The summed E-state index contributed by atoms with van der Waals surface area (Å²) in [6.07, 6.45) is 5.79. The maximum absolute atomic E-state index is 12.2. The molecular formula is C23H26N2O3S. The molecule has 1 aromatic heterocycles. The van der Waals surface area contributed by atoms with Crippen LogP contribution in [0.1, 0.15) is 24.0 Å². The van der Waals surface area contributed by atoms with Crippen molar-refractivity contribution in [2.24, 2.45) is 0 Å². The van der Waals surface area contributed by atoms with E-state index in [1.165, 1.54) is 15.8 Å². The zero-order valence-electron chi connectivity index (χ0n) is 16.8. The van der Waals surface area contributed by atoms with E-state index in [9.17, 15) is 9.59 Å². The SMILES string of the molecule is CSc1ccc(CN(C)C(=O)COC(=O)CCCc2c[nH]c3ccccc23)cc1. The van der Waals surface area contributed by atoms with Crippen molar-refractivity contribution in [2.75, 3.05) is 19.9 Å². The van der Waals surface area contributed by atoms with Gasteiger partial charge in [0, 0.05) is 42.0 Å². The molecule has 3 rings (SSSR count). The minimum Gasteiger partial charge on any atom is -0.456 e. The summed E-state index contributed by atoms with van der Waals surface area (Å²) in [4.78, 5) is 30.2. The van der Waals surface area contributed by atoms with Gasteiger partial charge in [0.1, 0.15) is 0 Å². The minimum atomic E-state index is -0.337. The molecule has 0 unspecified atom stereocenters. The summed E-state index contributed by atoms with van der Waals surface area (Å²) in [5.74, 6) is -0.542. The molecule has 0 aliphatic carbocycles. The van der Waals surface area contributed by atoms with Crippen LogP contribution >= 0.6 is 11.8 Å². The van der Waals surface area contributed by atoms with E-state index in [4.69, 9.17) is 4.74 Å². The van der Waals surface area contributed by atoms with Crippen molar-refractivity contribution < 1.29 is 14.3 Å². The first-order valence-electron chi connectivity index (χ1n) is 9.64. The third kappa shape index (κ3) is 5.87. The number of thioether (sulfide) groups is 1. The molecule has 0 aliphatic heterocycles. The highest BCUT2D eigenvalue weighted by atomic mass is 32.2. The number of carbonyl (C=O) groups is 2. The predicted octanol–water partition coefficient (Wildman–Crippen LogP) is 4.41. The summed E-state index contributed by atoms with van der Waals surface area (Å²) in [7, 11) is 1.72. The number of hydrogen-bond donors (Lipinski definition) is 1. The smallest absolute Gasteiger partial charge is 0.306 e. The number of nitrogens with one attached hydrogen (secondary N) is 1. The van der Waals surface area contributed by atoms with Crippen LogP contribution in [0.25, 0.3) is 10.9 Å². The summed E-state index contributed by atoms with van der Waals surface area (Å²) in [6, 6.07) is 16.2.